The molecule has 4 rings (SSSR count). The van der Waals surface area contributed by atoms with E-state index in [1.165, 1.54) is 4.31 Å². The third kappa shape index (κ3) is 3.39. The molecule has 0 unspecified atom stereocenters. The van der Waals surface area contributed by atoms with Crippen LogP contribution in [0.5, 0.6) is 0 Å². The van der Waals surface area contributed by atoms with Crippen molar-refractivity contribution in [1.29, 1.82) is 0 Å². The number of piperazine rings is 1. The molecule has 0 N–H and O–H groups in total. The Kier molecular flexibility index (Phi) is 4.54. The van der Waals surface area contributed by atoms with Crippen LogP contribution in [-0.4, -0.2) is 44.7 Å². The van der Waals surface area contributed by atoms with Gasteiger partial charge in [0, 0.05) is 43.3 Å². The van der Waals surface area contributed by atoms with Crippen LogP contribution in [-0.2, 0) is 10.0 Å². The summed E-state index contributed by atoms with van der Waals surface area (Å²) in [5, 5.41) is 0. The van der Waals surface area contributed by atoms with E-state index in [2.05, 4.69) is 4.90 Å². The molecule has 136 valence electrons. The van der Waals surface area contributed by atoms with Crippen molar-refractivity contribution in [3.8, 4) is 0 Å². The van der Waals surface area contributed by atoms with Crippen LogP contribution < -0.4 is 4.90 Å². The fourth-order valence-corrected chi connectivity index (χ4v) is 4.77. The highest BCUT2D eigenvalue weighted by molar-refractivity contribution is 7.89. The molecular weight excluding hydrogens is 348 g/mol. The maximum atomic E-state index is 12.9. The molecule has 0 atom stereocenters. The van der Waals surface area contributed by atoms with Gasteiger partial charge in [0.2, 0.25) is 10.0 Å². The third-order valence-electron chi connectivity index (χ3n) is 5.08. The van der Waals surface area contributed by atoms with E-state index >= 15 is 0 Å². The second kappa shape index (κ2) is 6.85. The van der Waals surface area contributed by atoms with Crippen LogP contribution in [0.1, 0.15) is 23.2 Å². The van der Waals surface area contributed by atoms with Crippen LogP contribution in [0.15, 0.2) is 59.5 Å². The van der Waals surface area contributed by atoms with Gasteiger partial charge in [-0.3, -0.25) is 4.79 Å². The molecule has 0 aromatic heterocycles. The summed E-state index contributed by atoms with van der Waals surface area (Å²) in [6, 6.07) is 16.5. The minimum atomic E-state index is -3.52. The molecule has 0 spiro atoms. The average Bonchev–Trinajstić information content (AvgIpc) is 3.54. The first-order valence-corrected chi connectivity index (χ1v) is 10.4. The zero-order valence-electron chi connectivity index (χ0n) is 14.5. The van der Waals surface area contributed by atoms with Gasteiger partial charge in [-0.15, -0.1) is 0 Å². The number of carbonyl (C=O) groups excluding carboxylic acids is 1. The van der Waals surface area contributed by atoms with Crippen LogP contribution in [0.3, 0.4) is 0 Å². The van der Waals surface area contributed by atoms with E-state index in [9.17, 15) is 13.2 Å². The summed E-state index contributed by atoms with van der Waals surface area (Å²) in [5.74, 6) is 0.272. The summed E-state index contributed by atoms with van der Waals surface area (Å²) in [5.41, 5.74) is 1.73. The van der Waals surface area contributed by atoms with Gasteiger partial charge in [0.15, 0.2) is 5.78 Å². The Morgan fingerprint density at radius 1 is 0.846 bits per heavy atom. The van der Waals surface area contributed by atoms with Gasteiger partial charge < -0.3 is 4.90 Å². The van der Waals surface area contributed by atoms with Crippen molar-refractivity contribution < 1.29 is 13.2 Å². The van der Waals surface area contributed by atoms with Crippen LogP contribution in [0.4, 0.5) is 5.69 Å². The summed E-state index contributed by atoms with van der Waals surface area (Å²) in [4.78, 5) is 14.5. The molecule has 1 saturated carbocycles. The number of anilines is 1. The Labute approximate surface area is 154 Å². The van der Waals surface area contributed by atoms with Crippen molar-refractivity contribution >= 4 is 21.5 Å². The normalized spacial score (nSPS) is 18.7. The first-order chi connectivity index (χ1) is 12.6. The first kappa shape index (κ1) is 17.2. The second-order valence-corrected chi connectivity index (χ2v) is 8.83. The number of hydrogen-bond donors (Lipinski definition) is 0. The zero-order valence-corrected chi connectivity index (χ0v) is 15.4. The summed E-state index contributed by atoms with van der Waals surface area (Å²) in [7, 11) is -3.52. The molecule has 26 heavy (non-hydrogen) atoms. The molecule has 2 aliphatic rings. The van der Waals surface area contributed by atoms with E-state index in [0.717, 1.165) is 18.5 Å². The summed E-state index contributed by atoms with van der Waals surface area (Å²) in [6.07, 6.45) is 1.90. The van der Waals surface area contributed by atoms with Gasteiger partial charge in [0.1, 0.15) is 0 Å². The predicted molar refractivity (Wildman–Crippen MR) is 101 cm³/mol. The fourth-order valence-electron chi connectivity index (χ4n) is 3.35. The molecule has 2 aromatic carbocycles. The third-order valence-corrected chi connectivity index (χ3v) is 7.00. The first-order valence-electron chi connectivity index (χ1n) is 9.00. The minimum Gasteiger partial charge on any atom is -0.369 e. The van der Waals surface area contributed by atoms with Gasteiger partial charge in [-0.1, -0.05) is 30.3 Å². The van der Waals surface area contributed by atoms with Crippen LogP contribution in [0.25, 0.3) is 0 Å². The van der Waals surface area contributed by atoms with Gasteiger partial charge in [-0.25, -0.2) is 8.42 Å². The number of sulfonamides is 1. The number of benzene rings is 2. The van der Waals surface area contributed by atoms with Crippen LogP contribution in [0.2, 0.25) is 0 Å². The van der Waals surface area contributed by atoms with Gasteiger partial charge >= 0.3 is 0 Å². The molecule has 1 aliphatic carbocycles. The number of para-hydroxylation sites is 1. The predicted octanol–water partition coefficient (Wildman–Crippen LogP) is 2.79. The second-order valence-electron chi connectivity index (χ2n) is 6.89. The van der Waals surface area contributed by atoms with Gasteiger partial charge in [-0.2, -0.15) is 4.31 Å². The molecule has 1 saturated heterocycles. The van der Waals surface area contributed by atoms with Crippen molar-refractivity contribution in [1.82, 2.24) is 4.31 Å². The van der Waals surface area contributed by atoms with E-state index in [1.807, 2.05) is 30.3 Å². The van der Waals surface area contributed by atoms with E-state index in [4.69, 9.17) is 0 Å². The van der Waals surface area contributed by atoms with Gasteiger partial charge in [0.05, 0.1) is 4.90 Å². The number of carbonyl (C=O) groups is 1. The number of Topliss-reactive ketones (excluding diaryl/α,β-unsaturated/α-hetero) is 1. The highest BCUT2D eigenvalue weighted by atomic mass is 32.2. The lowest BCUT2D eigenvalue weighted by Crippen LogP contribution is -2.48. The lowest BCUT2D eigenvalue weighted by molar-refractivity contribution is 0.0967. The van der Waals surface area contributed by atoms with E-state index < -0.39 is 10.0 Å². The van der Waals surface area contributed by atoms with Gasteiger partial charge in [-0.05, 0) is 37.1 Å². The number of nitrogens with zero attached hydrogens (tertiary/aromatic N) is 2. The quantitative estimate of drug-likeness (QED) is 0.760. The zero-order chi connectivity index (χ0) is 18.1. The Morgan fingerprint density at radius 2 is 1.46 bits per heavy atom. The molecule has 5 nitrogen and oxygen atoms in total. The van der Waals surface area contributed by atoms with Crippen LogP contribution in [0, 0.1) is 5.92 Å². The SMILES string of the molecule is O=C(c1ccc(S(=O)(=O)N2CCN(c3ccccc3)CC2)cc1)C1CC1. The monoisotopic (exact) mass is 370 g/mol. The average molecular weight is 370 g/mol. The lowest BCUT2D eigenvalue weighted by Gasteiger charge is -2.35. The minimum absolute atomic E-state index is 0.130. The Bertz CT molecular complexity index is 882. The van der Waals surface area contributed by atoms with Crippen molar-refractivity contribution in [2.75, 3.05) is 31.1 Å². The Balaban J connectivity index is 1.44. The summed E-state index contributed by atoms with van der Waals surface area (Å²) in [6.45, 7) is 2.25. The maximum Gasteiger partial charge on any atom is 0.243 e. The summed E-state index contributed by atoms with van der Waals surface area (Å²) < 4.78 is 27.3. The fraction of sp³-hybridized carbons (Fsp3) is 0.350. The standard InChI is InChI=1S/C20H22N2O3S/c23-20(16-6-7-16)17-8-10-19(11-9-17)26(24,25)22-14-12-21(13-15-22)18-4-2-1-3-5-18/h1-5,8-11,16H,6-7,12-15H2. The van der Waals surface area contributed by atoms with Crippen molar-refractivity contribution in [2.24, 2.45) is 5.92 Å². The molecule has 0 bridgehead atoms. The van der Waals surface area contributed by atoms with E-state index in [0.29, 0.717) is 31.7 Å². The van der Waals surface area contributed by atoms with E-state index in [1.54, 1.807) is 24.3 Å². The van der Waals surface area contributed by atoms with Crippen LogP contribution >= 0.6 is 0 Å². The number of rotatable bonds is 5. The van der Waals surface area contributed by atoms with Crippen molar-refractivity contribution in [3.63, 3.8) is 0 Å². The molecule has 2 fully saturated rings. The highest BCUT2D eigenvalue weighted by Gasteiger charge is 2.31. The Morgan fingerprint density at radius 3 is 2.04 bits per heavy atom. The van der Waals surface area contributed by atoms with E-state index in [-0.39, 0.29) is 16.6 Å². The molecule has 0 amide bonds. The largest absolute Gasteiger partial charge is 0.369 e. The Hall–Kier alpha value is -2.18. The summed E-state index contributed by atoms with van der Waals surface area (Å²) >= 11 is 0. The smallest absolute Gasteiger partial charge is 0.243 e. The van der Waals surface area contributed by atoms with Gasteiger partial charge in [0.25, 0.3) is 0 Å². The molecule has 0 radical (unpaired) electrons. The van der Waals surface area contributed by atoms with Crippen molar-refractivity contribution in [2.45, 2.75) is 17.7 Å². The van der Waals surface area contributed by atoms with Crippen molar-refractivity contribution in [3.05, 3.63) is 60.2 Å². The number of hydrogen-bond acceptors (Lipinski definition) is 4. The molecule has 2 aromatic rings. The lowest BCUT2D eigenvalue weighted by atomic mass is 10.1. The topological polar surface area (TPSA) is 57.7 Å². The molecule has 1 aliphatic heterocycles. The maximum absolute atomic E-state index is 12.9. The highest BCUT2D eigenvalue weighted by Crippen LogP contribution is 2.33. The molecular formula is C20H22N2O3S. The molecule has 1 heterocycles. The molecule has 6 heteroatoms. The number of ketones is 1.